The number of rotatable bonds is 6. The molecule has 2 aromatic heterocycles. The summed E-state index contributed by atoms with van der Waals surface area (Å²) in [6.07, 6.45) is 5.85. The molecule has 0 radical (unpaired) electrons. The zero-order valence-electron chi connectivity index (χ0n) is 16.1. The third-order valence-electron chi connectivity index (χ3n) is 5.17. The maximum Gasteiger partial charge on any atom is 0.236 e. The maximum atomic E-state index is 12.7. The Morgan fingerprint density at radius 2 is 2.00 bits per heavy atom. The molecule has 1 unspecified atom stereocenters. The van der Waals surface area contributed by atoms with Crippen LogP contribution in [0.4, 0.5) is 0 Å². The van der Waals surface area contributed by atoms with Gasteiger partial charge < -0.3 is 9.78 Å². The summed E-state index contributed by atoms with van der Waals surface area (Å²) in [5.41, 5.74) is 2.68. The number of piperazine rings is 1. The molecule has 0 aliphatic carbocycles. The van der Waals surface area contributed by atoms with Crippen LogP contribution in [0.2, 0.25) is 5.02 Å². The second-order valence-corrected chi connectivity index (χ2v) is 9.44. The van der Waals surface area contributed by atoms with E-state index in [-0.39, 0.29) is 6.54 Å². The van der Waals surface area contributed by atoms with E-state index in [0.717, 1.165) is 28.4 Å². The monoisotopic (exact) mass is 444 g/mol. The summed E-state index contributed by atoms with van der Waals surface area (Å²) >= 11 is 5.86. The van der Waals surface area contributed by atoms with E-state index in [9.17, 15) is 13.2 Å². The van der Waals surface area contributed by atoms with Crippen LogP contribution >= 0.6 is 11.6 Å². The van der Waals surface area contributed by atoms with Gasteiger partial charge in [-0.25, -0.2) is 8.42 Å². The number of carbonyl (C=O) groups excluding carboxylic acids is 1. The van der Waals surface area contributed by atoms with Crippen LogP contribution in [-0.2, 0) is 21.4 Å². The third kappa shape index (κ3) is 4.62. The van der Waals surface area contributed by atoms with Crippen molar-refractivity contribution in [2.45, 2.75) is 12.6 Å². The first-order valence-electron chi connectivity index (χ1n) is 9.49. The van der Waals surface area contributed by atoms with Gasteiger partial charge in [0.05, 0.1) is 6.04 Å². The minimum atomic E-state index is -3.63. The predicted octanol–water partition coefficient (Wildman–Crippen LogP) is 2.90. The van der Waals surface area contributed by atoms with Crippen LogP contribution in [0.15, 0.2) is 54.2 Å². The van der Waals surface area contributed by atoms with Gasteiger partial charge in [0, 0.05) is 65.6 Å². The fourth-order valence-corrected chi connectivity index (χ4v) is 4.86. The van der Waals surface area contributed by atoms with Gasteiger partial charge in [-0.3, -0.25) is 9.88 Å². The Hall–Kier alpha value is -2.52. The summed E-state index contributed by atoms with van der Waals surface area (Å²) in [6, 6.07) is 10.3. The molecule has 3 heterocycles. The summed E-state index contributed by atoms with van der Waals surface area (Å²) in [5, 5.41) is 2.77. The Bertz CT molecular complexity index is 1140. The van der Waals surface area contributed by atoms with Crippen LogP contribution < -0.4 is 0 Å². The lowest BCUT2D eigenvalue weighted by atomic mass is 10.2. The molecule has 4 rings (SSSR count). The van der Waals surface area contributed by atoms with E-state index in [1.807, 2.05) is 17.0 Å². The zero-order valence-corrected chi connectivity index (χ0v) is 17.7. The van der Waals surface area contributed by atoms with E-state index in [4.69, 9.17) is 11.6 Å². The normalized spacial score (nSPS) is 18.9. The Morgan fingerprint density at radius 3 is 2.73 bits per heavy atom. The standard InChI is InChI=1S/C21H21ClN4O3S/c22-18-3-1-16(2-4-18)6-10-30(28,29)26-9-8-25(20(14-26)15-27)13-19-11-17-12-23-7-5-21(17)24-19/h1-7,10-12,15,20,24H,8-9,13-14H2. The molecule has 1 N–H and O–H groups in total. The number of aromatic nitrogens is 2. The van der Waals surface area contributed by atoms with Gasteiger partial charge >= 0.3 is 0 Å². The Balaban J connectivity index is 1.44. The summed E-state index contributed by atoms with van der Waals surface area (Å²) in [5.74, 6) is 0. The summed E-state index contributed by atoms with van der Waals surface area (Å²) in [4.78, 5) is 21.1. The number of aldehydes is 1. The van der Waals surface area contributed by atoms with Crippen molar-refractivity contribution >= 4 is 44.9 Å². The Kier molecular flexibility index (Phi) is 6.01. The number of halogens is 1. The molecule has 0 saturated carbocycles. The highest BCUT2D eigenvalue weighted by molar-refractivity contribution is 7.92. The van der Waals surface area contributed by atoms with E-state index in [2.05, 4.69) is 9.97 Å². The number of H-pyrrole nitrogens is 1. The molecule has 1 saturated heterocycles. The van der Waals surface area contributed by atoms with Crippen LogP contribution in [0.5, 0.6) is 0 Å². The number of pyridine rings is 1. The second-order valence-electron chi connectivity index (χ2n) is 7.19. The summed E-state index contributed by atoms with van der Waals surface area (Å²) in [6.45, 7) is 1.44. The van der Waals surface area contributed by atoms with E-state index in [1.165, 1.54) is 15.8 Å². The molecule has 1 atom stereocenters. The van der Waals surface area contributed by atoms with Gasteiger partial charge in [0.15, 0.2) is 0 Å². The van der Waals surface area contributed by atoms with E-state index in [1.54, 1.807) is 36.7 Å². The molecule has 0 bridgehead atoms. The number of hydrogen-bond acceptors (Lipinski definition) is 5. The fourth-order valence-electron chi connectivity index (χ4n) is 3.54. The Morgan fingerprint density at radius 1 is 1.20 bits per heavy atom. The topological polar surface area (TPSA) is 86.4 Å². The lowest BCUT2D eigenvalue weighted by Gasteiger charge is -2.37. The largest absolute Gasteiger partial charge is 0.357 e. The van der Waals surface area contributed by atoms with Crippen molar-refractivity contribution in [1.29, 1.82) is 0 Å². The highest BCUT2D eigenvalue weighted by Crippen LogP contribution is 2.20. The van der Waals surface area contributed by atoms with Crippen molar-refractivity contribution in [3.63, 3.8) is 0 Å². The van der Waals surface area contributed by atoms with Gasteiger partial charge in [-0.1, -0.05) is 23.7 Å². The number of nitrogens with zero attached hydrogens (tertiary/aromatic N) is 3. The average Bonchev–Trinajstić information content (AvgIpc) is 3.16. The Labute approximate surface area is 180 Å². The van der Waals surface area contributed by atoms with Gasteiger partial charge in [0.1, 0.15) is 6.29 Å². The SMILES string of the molecule is O=CC1CN(S(=O)(=O)C=Cc2ccc(Cl)cc2)CCN1Cc1cc2cnccc2[nH]1. The van der Waals surface area contributed by atoms with Crippen molar-refractivity contribution in [2.24, 2.45) is 0 Å². The summed E-state index contributed by atoms with van der Waals surface area (Å²) < 4.78 is 26.8. The highest BCUT2D eigenvalue weighted by atomic mass is 35.5. The molecular weight excluding hydrogens is 424 g/mol. The molecule has 9 heteroatoms. The smallest absolute Gasteiger partial charge is 0.236 e. The van der Waals surface area contributed by atoms with Crippen molar-refractivity contribution in [1.82, 2.24) is 19.2 Å². The highest BCUT2D eigenvalue weighted by Gasteiger charge is 2.32. The molecule has 156 valence electrons. The number of carbonyl (C=O) groups is 1. The van der Waals surface area contributed by atoms with Crippen molar-refractivity contribution in [3.05, 3.63) is 70.5 Å². The number of hydrogen-bond donors (Lipinski definition) is 1. The zero-order chi connectivity index (χ0) is 21.1. The molecule has 7 nitrogen and oxygen atoms in total. The third-order valence-corrected chi connectivity index (χ3v) is 6.95. The van der Waals surface area contributed by atoms with Crippen molar-refractivity contribution < 1.29 is 13.2 Å². The van der Waals surface area contributed by atoms with Gasteiger partial charge in [-0.05, 0) is 35.9 Å². The minimum absolute atomic E-state index is 0.124. The number of sulfonamides is 1. The molecular formula is C21H21ClN4O3S. The van der Waals surface area contributed by atoms with E-state index < -0.39 is 16.1 Å². The minimum Gasteiger partial charge on any atom is -0.357 e. The van der Waals surface area contributed by atoms with Crippen molar-refractivity contribution in [3.8, 4) is 0 Å². The second kappa shape index (κ2) is 8.69. The van der Waals surface area contributed by atoms with Crippen LogP contribution in [-0.4, -0.2) is 59.6 Å². The van der Waals surface area contributed by atoms with Crippen LogP contribution in [0.1, 0.15) is 11.3 Å². The van der Waals surface area contributed by atoms with Crippen LogP contribution in [0.25, 0.3) is 17.0 Å². The first kappa shape index (κ1) is 20.7. The molecule has 1 aromatic carbocycles. The van der Waals surface area contributed by atoms with Crippen LogP contribution in [0, 0.1) is 0 Å². The molecule has 1 fully saturated rings. The molecule has 30 heavy (non-hydrogen) atoms. The van der Waals surface area contributed by atoms with Crippen LogP contribution in [0.3, 0.4) is 0 Å². The average molecular weight is 445 g/mol. The molecule has 0 spiro atoms. The number of aromatic amines is 1. The molecule has 1 aliphatic rings. The number of nitrogens with one attached hydrogen (secondary N) is 1. The van der Waals surface area contributed by atoms with Gasteiger partial charge in [0.2, 0.25) is 10.0 Å². The van der Waals surface area contributed by atoms with Crippen molar-refractivity contribution in [2.75, 3.05) is 19.6 Å². The predicted molar refractivity (Wildman–Crippen MR) is 117 cm³/mol. The number of fused-ring (bicyclic) bond motifs is 1. The first-order valence-corrected chi connectivity index (χ1v) is 11.4. The van der Waals surface area contributed by atoms with E-state index >= 15 is 0 Å². The summed E-state index contributed by atoms with van der Waals surface area (Å²) in [7, 11) is -3.63. The number of benzene rings is 1. The van der Waals surface area contributed by atoms with Gasteiger partial charge in [-0.2, -0.15) is 4.31 Å². The lowest BCUT2D eigenvalue weighted by Crippen LogP contribution is -2.54. The quantitative estimate of drug-likeness (QED) is 0.591. The first-order chi connectivity index (χ1) is 14.4. The van der Waals surface area contributed by atoms with Gasteiger partial charge in [0.25, 0.3) is 0 Å². The maximum absolute atomic E-state index is 12.7. The fraction of sp³-hybridized carbons (Fsp3) is 0.238. The molecule has 1 aliphatic heterocycles. The van der Waals surface area contributed by atoms with Gasteiger partial charge in [-0.15, -0.1) is 0 Å². The lowest BCUT2D eigenvalue weighted by molar-refractivity contribution is -0.114. The molecule has 0 amide bonds. The molecule has 3 aromatic rings. The van der Waals surface area contributed by atoms with E-state index in [0.29, 0.717) is 24.7 Å².